The summed E-state index contributed by atoms with van der Waals surface area (Å²) in [6, 6.07) is 16.9. The highest BCUT2D eigenvalue weighted by molar-refractivity contribution is 5.91. The van der Waals surface area contributed by atoms with Gasteiger partial charge in [0, 0.05) is 11.6 Å². The van der Waals surface area contributed by atoms with E-state index in [9.17, 15) is 4.79 Å². The van der Waals surface area contributed by atoms with Crippen LogP contribution in [0.4, 0.5) is 0 Å². The number of fused-ring (bicyclic) bond motifs is 1. The molecule has 0 saturated heterocycles. The lowest BCUT2D eigenvalue weighted by atomic mass is 10.1. The van der Waals surface area contributed by atoms with Gasteiger partial charge in [-0.1, -0.05) is 36.4 Å². The first-order valence-electron chi connectivity index (χ1n) is 6.55. The van der Waals surface area contributed by atoms with Crippen LogP contribution in [0.25, 0.3) is 10.8 Å². The summed E-state index contributed by atoms with van der Waals surface area (Å²) < 4.78 is 5.79. The number of benzene rings is 2. The molecular weight excluding hydrogens is 266 g/mol. The molecule has 0 spiro atoms. The Bertz CT molecular complexity index is 784. The number of rotatable bonds is 4. The number of carboxylic acids is 1. The molecule has 0 atom stereocenters. The normalized spacial score (nSPS) is 10.5. The van der Waals surface area contributed by atoms with Crippen molar-refractivity contribution in [2.75, 3.05) is 0 Å². The number of ether oxygens (including phenoxy) is 1. The summed E-state index contributed by atoms with van der Waals surface area (Å²) in [7, 11) is 0. The van der Waals surface area contributed by atoms with E-state index in [0.717, 1.165) is 10.8 Å². The van der Waals surface area contributed by atoms with E-state index in [0.29, 0.717) is 17.2 Å². The van der Waals surface area contributed by atoms with Crippen LogP contribution in [0.5, 0.6) is 11.6 Å². The highest BCUT2D eigenvalue weighted by Gasteiger charge is 2.11. The van der Waals surface area contributed by atoms with Crippen molar-refractivity contribution < 1.29 is 14.6 Å². The zero-order valence-corrected chi connectivity index (χ0v) is 11.2. The van der Waals surface area contributed by atoms with Crippen molar-refractivity contribution in [1.82, 2.24) is 4.98 Å². The number of aromatic nitrogens is 1. The van der Waals surface area contributed by atoms with E-state index in [1.165, 1.54) is 0 Å². The summed E-state index contributed by atoms with van der Waals surface area (Å²) in [5.41, 5.74) is 0.679. The van der Waals surface area contributed by atoms with Gasteiger partial charge >= 0.3 is 5.97 Å². The van der Waals surface area contributed by atoms with Gasteiger partial charge in [0.05, 0.1) is 6.42 Å². The molecule has 4 heteroatoms. The maximum Gasteiger partial charge on any atom is 0.307 e. The first-order chi connectivity index (χ1) is 10.2. The number of pyridine rings is 1. The van der Waals surface area contributed by atoms with Crippen molar-refractivity contribution in [3.05, 3.63) is 66.4 Å². The average molecular weight is 279 g/mol. The summed E-state index contributed by atoms with van der Waals surface area (Å²) in [4.78, 5) is 15.2. The van der Waals surface area contributed by atoms with E-state index in [2.05, 4.69) is 4.98 Å². The van der Waals surface area contributed by atoms with Gasteiger partial charge in [-0.3, -0.25) is 4.79 Å². The molecular formula is C17H13NO3. The number of hydrogen-bond acceptors (Lipinski definition) is 3. The van der Waals surface area contributed by atoms with Crippen molar-refractivity contribution in [2.45, 2.75) is 6.42 Å². The van der Waals surface area contributed by atoms with Crippen LogP contribution in [0.1, 0.15) is 5.56 Å². The summed E-state index contributed by atoms with van der Waals surface area (Å²) in [6.07, 6.45) is 1.51. The van der Waals surface area contributed by atoms with Gasteiger partial charge < -0.3 is 9.84 Å². The number of carboxylic acid groups (broad SMARTS) is 1. The second kappa shape index (κ2) is 5.63. The zero-order chi connectivity index (χ0) is 14.7. The van der Waals surface area contributed by atoms with Crippen LogP contribution in [0.15, 0.2) is 60.8 Å². The van der Waals surface area contributed by atoms with Gasteiger partial charge in [-0.05, 0) is 29.1 Å². The molecule has 0 aliphatic carbocycles. The van der Waals surface area contributed by atoms with Crippen molar-refractivity contribution in [1.29, 1.82) is 0 Å². The fraction of sp³-hybridized carbons (Fsp3) is 0.0588. The lowest BCUT2D eigenvalue weighted by Gasteiger charge is -2.10. The smallest absolute Gasteiger partial charge is 0.307 e. The Labute approximate surface area is 121 Å². The number of hydrogen-bond donors (Lipinski definition) is 1. The fourth-order valence-corrected chi connectivity index (χ4v) is 2.21. The van der Waals surface area contributed by atoms with Crippen LogP contribution < -0.4 is 4.74 Å². The fourth-order valence-electron chi connectivity index (χ4n) is 2.21. The summed E-state index contributed by atoms with van der Waals surface area (Å²) in [5.74, 6) is 0.297. The zero-order valence-electron chi connectivity index (χ0n) is 11.2. The van der Waals surface area contributed by atoms with Crippen molar-refractivity contribution in [2.24, 2.45) is 0 Å². The number of nitrogens with zero attached hydrogens (tertiary/aromatic N) is 1. The molecule has 0 bridgehead atoms. The second-order valence-electron chi connectivity index (χ2n) is 4.62. The van der Waals surface area contributed by atoms with Crippen LogP contribution in [0.3, 0.4) is 0 Å². The Morgan fingerprint density at radius 3 is 2.38 bits per heavy atom. The first kappa shape index (κ1) is 13.1. The third kappa shape index (κ3) is 2.84. The highest BCUT2D eigenvalue weighted by Crippen LogP contribution is 2.29. The Hall–Kier alpha value is -2.88. The van der Waals surface area contributed by atoms with Gasteiger partial charge in [-0.25, -0.2) is 4.98 Å². The topological polar surface area (TPSA) is 59.4 Å². The highest BCUT2D eigenvalue weighted by atomic mass is 16.5. The minimum atomic E-state index is -0.876. The minimum absolute atomic E-state index is 0.0564. The third-order valence-corrected chi connectivity index (χ3v) is 3.14. The van der Waals surface area contributed by atoms with Gasteiger partial charge in [-0.15, -0.1) is 0 Å². The maximum absolute atomic E-state index is 10.9. The standard InChI is InChI=1S/C17H13NO3/c19-16(20)10-12-11-18-17(15-9-5-4-8-14(12)15)21-13-6-2-1-3-7-13/h1-9,11H,10H2,(H,19,20). The Morgan fingerprint density at radius 2 is 1.67 bits per heavy atom. The monoisotopic (exact) mass is 279 g/mol. The van der Waals surface area contributed by atoms with E-state index in [-0.39, 0.29) is 6.42 Å². The molecule has 104 valence electrons. The molecule has 2 aromatic carbocycles. The lowest BCUT2D eigenvalue weighted by Crippen LogP contribution is -2.02. The van der Waals surface area contributed by atoms with E-state index in [1.54, 1.807) is 6.20 Å². The van der Waals surface area contributed by atoms with Crippen molar-refractivity contribution >= 4 is 16.7 Å². The molecule has 3 aromatic rings. The van der Waals surface area contributed by atoms with Crippen molar-refractivity contribution in [3.63, 3.8) is 0 Å². The molecule has 0 aliphatic heterocycles. The molecule has 3 rings (SSSR count). The van der Waals surface area contributed by atoms with E-state index in [4.69, 9.17) is 9.84 Å². The summed E-state index contributed by atoms with van der Waals surface area (Å²) in [5, 5.41) is 10.6. The Morgan fingerprint density at radius 1 is 1.00 bits per heavy atom. The number of para-hydroxylation sites is 1. The lowest BCUT2D eigenvalue weighted by molar-refractivity contribution is -0.136. The molecule has 0 saturated carbocycles. The van der Waals surface area contributed by atoms with E-state index in [1.807, 2.05) is 54.6 Å². The van der Waals surface area contributed by atoms with Crippen LogP contribution in [0.2, 0.25) is 0 Å². The van der Waals surface area contributed by atoms with Gasteiger partial charge in [0.2, 0.25) is 5.88 Å². The van der Waals surface area contributed by atoms with E-state index < -0.39 is 5.97 Å². The van der Waals surface area contributed by atoms with Gasteiger partial charge in [0.1, 0.15) is 5.75 Å². The number of aliphatic carboxylic acids is 1. The largest absolute Gasteiger partial charge is 0.481 e. The maximum atomic E-state index is 10.9. The molecule has 21 heavy (non-hydrogen) atoms. The van der Waals surface area contributed by atoms with Crippen LogP contribution in [-0.4, -0.2) is 16.1 Å². The average Bonchev–Trinajstić information content (AvgIpc) is 2.50. The molecule has 4 nitrogen and oxygen atoms in total. The Balaban J connectivity index is 2.06. The van der Waals surface area contributed by atoms with E-state index >= 15 is 0 Å². The molecule has 1 aromatic heterocycles. The predicted octanol–water partition coefficient (Wildman–Crippen LogP) is 3.65. The van der Waals surface area contributed by atoms with Gasteiger partial charge in [0.15, 0.2) is 0 Å². The minimum Gasteiger partial charge on any atom is -0.481 e. The predicted molar refractivity (Wildman–Crippen MR) is 79.6 cm³/mol. The van der Waals surface area contributed by atoms with Gasteiger partial charge in [-0.2, -0.15) is 0 Å². The quantitative estimate of drug-likeness (QED) is 0.791. The molecule has 0 radical (unpaired) electrons. The summed E-state index contributed by atoms with van der Waals surface area (Å²) >= 11 is 0. The van der Waals surface area contributed by atoms with Crippen LogP contribution in [-0.2, 0) is 11.2 Å². The molecule has 1 N–H and O–H groups in total. The van der Waals surface area contributed by atoms with Crippen molar-refractivity contribution in [3.8, 4) is 11.6 Å². The van der Waals surface area contributed by atoms with Crippen LogP contribution in [0, 0.1) is 0 Å². The third-order valence-electron chi connectivity index (χ3n) is 3.14. The molecule has 0 fully saturated rings. The molecule has 0 unspecified atom stereocenters. The first-order valence-corrected chi connectivity index (χ1v) is 6.55. The molecule has 0 aliphatic rings. The second-order valence-corrected chi connectivity index (χ2v) is 4.62. The summed E-state index contributed by atoms with van der Waals surface area (Å²) in [6.45, 7) is 0. The number of carbonyl (C=O) groups is 1. The molecule has 1 heterocycles. The van der Waals surface area contributed by atoms with Crippen LogP contribution >= 0.6 is 0 Å². The van der Waals surface area contributed by atoms with Gasteiger partial charge in [0.25, 0.3) is 0 Å². The molecule has 0 amide bonds. The SMILES string of the molecule is O=C(O)Cc1cnc(Oc2ccccc2)c2ccccc12. The Kier molecular flexibility index (Phi) is 3.51.